The highest BCUT2D eigenvalue weighted by Crippen LogP contribution is 2.40. The summed E-state index contributed by atoms with van der Waals surface area (Å²) in [6.07, 6.45) is 13.9. The molecule has 0 spiro atoms. The zero-order valence-electron chi connectivity index (χ0n) is 20.1. The van der Waals surface area contributed by atoms with E-state index in [1.165, 1.54) is 44.9 Å². The summed E-state index contributed by atoms with van der Waals surface area (Å²) in [5.74, 6) is 0. The van der Waals surface area contributed by atoms with Gasteiger partial charge in [-0.15, -0.1) is 0 Å². The van der Waals surface area contributed by atoms with Gasteiger partial charge in [0.1, 0.15) is 0 Å². The van der Waals surface area contributed by atoms with E-state index >= 15 is 0 Å². The van der Waals surface area contributed by atoms with Crippen LogP contribution in [0.4, 0.5) is 0 Å². The zero-order valence-corrected chi connectivity index (χ0v) is 21.1. The first-order valence-electron chi connectivity index (χ1n) is 12.1. The minimum atomic E-state index is -1.83. The van der Waals surface area contributed by atoms with Crippen LogP contribution in [-0.4, -0.2) is 37.8 Å². The Kier molecular flexibility index (Phi) is 11.9. The summed E-state index contributed by atoms with van der Waals surface area (Å²) in [4.78, 5) is 0. The normalized spacial score (nSPS) is 23.1. The average molecular weight is 415 g/mol. The summed E-state index contributed by atoms with van der Waals surface area (Å²) >= 11 is 0. The first-order chi connectivity index (χ1) is 13.1. The molecule has 1 aliphatic rings. The number of hydrogen-bond donors (Lipinski definition) is 1. The predicted octanol–water partition coefficient (Wildman–Crippen LogP) is 7.23. The smallest absolute Gasteiger partial charge is 0.192 e. The molecule has 1 rings (SSSR count). The van der Waals surface area contributed by atoms with Crippen molar-refractivity contribution in [2.45, 2.75) is 154 Å². The molecule has 0 radical (unpaired) electrons. The van der Waals surface area contributed by atoms with Gasteiger partial charge >= 0.3 is 0 Å². The van der Waals surface area contributed by atoms with Crippen molar-refractivity contribution < 1.29 is 14.3 Å². The van der Waals surface area contributed by atoms with Crippen LogP contribution in [0, 0.1) is 0 Å². The SMILES string of the molecule is CCCCCCC(O)[C@@H]1CC[C@H]([C@@H](CCCCCC)O[Si](C)(C)C(C)(C)C)O1. The molecule has 0 saturated carbocycles. The highest BCUT2D eigenvalue weighted by Gasteiger charge is 2.43. The molecular formula is C24H50O3Si. The Morgan fingerprint density at radius 1 is 0.893 bits per heavy atom. The molecule has 0 amide bonds. The van der Waals surface area contributed by atoms with Crippen LogP contribution in [0.3, 0.4) is 0 Å². The lowest BCUT2D eigenvalue weighted by Crippen LogP contribution is -2.47. The standard InChI is InChI=1S/C24H50O3Si/c1-8-10-12-14-16-20(25)21-18-19-22(26-21)23(17-15-13-11-9-2)27-28(6,7)24(3,4)5/h20-23,25H,8-19H2,1-7H3/t20?,21-,22+,23+/m0/s1. The van der Waals surface area contributed by atoms with Crippen LogP contribution in [0.15, 0.2) is 0 Å². The number of ether oxygens (including phenoxy) is 1. The number of rotatable bonds is 14. The van der Waals surface area contributed by atoms with Crippen molar-refractivity contribution in [2.24, 2.45) is 0 Å². The second-order valence-electron chi connectivity index (χ2n) is 10.5. The molecule has 0 bridgehead atoms. The summed E-state index contributed by atoms with van der Waals surface area (Å²) in [6.45, 7) is 16.1. The van der Waals surface area contributed by atoms with Gasteiger partial charge in [-0.25, -0.2) is 0 Å². The first-order valence-corrected chi connectivity index (χ1v) is 15.0. The van der Waals surface area contributed by atoms with Gasteiger partial charge in [0.2, 0.25) is 0 Å². The van der Waals surface area contributed by atoms with E-state index < -0.39 is 8.32 Å². The van der Waals surface area contributed by atoms with Gasteiger partial charge < -0.3 is 14.3 Å². The van der Waals surface area contributed by atoms with Crippen molar-refractivity contribution in [3.63, 3.8) is 0 Å². The molecule has 0 aromatic heterocycles. The molecule has 1 N–H and O–H groups in total. The van der Waals surface area contributed by atoms with Crippen LogP contribution in [-0.2, 0) is 9.16 Å². The molecule has 1 heterocycles. The minimum absolute atomic E-state index is 0.00721. The van der Waals surface area contributed by atoms with Crippen LogP contribution >= 0.6 is 0 Å². The van der Waals surface area contributed by atoms with Crippen molar-refractivity contribution in [1.82, 2.24) is 0 Å². The quantitative estimate of drug-likeness (QED) is 0.241. The number of unbranched alkanes of at least 4 members (excludes halogenated alkanes) is 6. The summed E-state index contributed by atoms with van der Waals surface area (Å²) < 4.78 is 13.2. The van der Waals surface area contributed by atoms with Crippen LogP contribution in [0.5, 0.6) is 0 Å². The van der Waals surface area contributed by atoms with Crippen molar-refractivity contribution in [2.75, 3.05) is 0 Å². The van der Waals surface area contributed by atoms with Gasteiger partial charge in [-0.3, -0.25) is 0 Å². The molecule has 1 unspecified atom stereocenters. The summed E-state index contributed by atoms with van der Waals surface area (Å²) in [5.41, 5.74) is 0. The van der Waals surface area contributed by atoms with E-state index in [2.05, 4.69) is 47.7 Å². The fraction of sp³-hybridized carbons (Fsp3) is 1.00. The molecule has 4 atom stereocenters. The number of aliphatic hydroxyl groups excluding tert-OH is 1. The summed E-state index contributed by atoms with van der Waals surface area (Å²) in [7, 11) is -1.83. The predicted molar refractivity (Wildman–Crippen MR) is 123 cm³/mol. The second-order valence-corrected chi connectivity index (χ2v) is 15.2. The van der Waals surface area contributed by atoms with Crippen molar-refractivity contribution in [3.05, 3.63) is 0 Å². The lowest BCUT2D eigenvalue weighted by Gasteiger charge is -2.41. The van der Waals surface area contributed by atoms with E-state index in [-0.39, 0.29) is 29.5 Å². The highest BCUT2D eigenvalue weighted by atomic mass is 28.4. The number of hydrogen-bond acceptors (Lipinski definition) is 3. The van der Waals surface area contributed by atoms with Gasteiger partial charge in [0, 0.05) is 0 Å². The van der Waals surface area contributed by atoms with Crippen LogP contribution in [0.1, 0.15) is 112 Å². The third-order valence-electron chi connectivity index (χ3n) is 6.88. The topological polar surface area (TPSA) is 38.7 Å². The first kappa shape index (κ1) is 26.1. The summed E-state index contributed by atoms with van der Waals surface area (Å²) in [5, 5.41) is 10.8. The monoisotopic (exact) mass is 414 g/mol. The van der Waals surface area contributed by atoms with Crippen molar-refractivity contribution in [1.29, 1.82) is 0 Å². The average Bonchev–Trinajstić information content (AvgIpc) is 3.10. The lowest BCUT2D eigenvalue weighted by molar-refractivity contribution is -0.0751. The Morgan fingerprint density at radius 2 is 1.43 bits per heavy atom. The van der Waals surface area contributed by atoms with Gasteiger partial charge in [-0.2, -0.15) is 0 Å². The maximum Gasteiger partial charge on any atom is 0.192 e. The van der Waals surface area contributed by atoms with Crippen molar-refractivity contribution in [3.8, 4) is 0 Å². The second kappa shape index (κ2) is 12.7. The molecule has 4 heteroatoms. The fourth-order valence-electron chi connectivity index (χ4n) is 3.86. The Bertz CT molecular complexity index is 405. The van der Waals surface area contributed by atoms with E-state index in [0.29, 0.717) is 0 Å². The molecular weight excluding hydrogens is 364 g/mol. The maximum absolute atomic E-state index is 10.6. The van der Waals surface area contributed by atoms with E-state index in [4.69, 9.17) is 9.16 Å². The molecule has 0 aliphatic carbocycles. The number of aliphatic hydroxyl groups is 1. The van der Waals surface area contributed by atoms with Crippen LogP contribution in [0.25, 0.3) is 0 Å². The molecule has 1 fully saturated rings. The maximum atomic E-state index is 10.6. The molecule has 1 aliphatic heterocycles. The zero-order chi connectivity index (χ0) is 21.2. The lowest BCUT2D eigenvalue weighted by atomic mass is 10.0. The van der Waals surface area contributed by atoms with E-state index in [0.717, 1.165) is 32.1 Å². The highest BCUT2D eigenvalue weighted by molar-refractivity contribution is 6.74. The molecule has 168 valence electrons. The summed E-state index contributed by atoms with van der Waals surface area (Å²) in [6, 6.07) is 0. The van der Waals surface area contributed by atoms with Gasteiger partial charge in [0.05, 0.1) is 24.4 Å². The Balaban J connectivity index is 2.63. The van der Waals surface area contributed by atoms with E-state index in [1.54, 1.807) is 0 Å². The molecule has 28 heavy (non-hydrogen) atoms. The third kappa shape index (κ3) is 8.85. The largest absolute Gasteiger partial charge is 0.411 e. The fourth-order valence-corrected chi connectivity index (χ4v) is 5.24. The van der Waals surface area contributed by atoms with Gasteiger partial charge in [0.25, 0.3) is 0 Å². The Morgan fingerprint density at radius 3 is 1.96 bits per heavy atom. The van der Waals surface area contributed by atoms with Gasteiger partial charge in [-0.05, 0) is 43.8 Å². The molecule has 0 aromatic rings. The minimum Gasteiger partial charge on any atom is -0.411 e. The Labute approximate surface area is 177 Å². The molecule has 3 nitrogen and oxygen atoms in total. The third-order valence-corrected chi connectivity index (χ3v) is 11.4. The van der Waals surface area contributed by atoms with E-state index in [9.17, 15) is 5.11 Å². The molecule has 1 saturated heterocycles. The molecule has 0 aromatic carbocycles. The Hall–Kier alpha value is 0.0969. The van der Waals surface area contributed by atoms with Gasteiger partial charge in [-0.1, -0.05) is 86.0 Å². The van der Waals surface area contributed by atoms with Gasteiger partial charge in [0.15, 0.2) is 8.32 Å². The van der Waals surface area contributed by atoms with Crippen LogP contribution in [0.2, 0.25) is 18.1 Å². The van der Waals surface area contributed by atoms with Crippen LogP contribution < -0.4 is 0 Å². The van der Waals surface area contributed by atoms with E-state index in [1.807, 2.05) is 0 Å². The van der Waals surface area contributed by atoms with Crippen molar-refractivity contribution >= 4 is 8.32 Å².